The Morgan fingerprint density at radius 2 is 1.69 bits per heavy atom. The molecule has 0 aliphatic rings. The normalized spacial score (nSPS) is 12.0. The Hall–Kier alpha value is -2.08. The third-order valence-electron chi connectivity index (χ3n) is 3.79. The zero-order chi connectivity index (χ0) is 18.6. The fourth-order valence-electron chi connectivity index (χ4n) is 2.51. The highest BCUT2D eigenvalue weighted by Crippen LogP contribution is 2.29. The molecule has 0 radical (unpaired) electrons. The zero-order valence-corrected chi connectivity index (χ0v) is 15.7. The summed E-state index contributed by atoms with van der Waals surface area (Å²) in [7, 11) is 0. The van der Waals surface area contributed by atoms with E-state index in [9.17, 15) is 5.11 Å². The molecule has 2 aromatic carbocycles. The van der Waals surface area contributed by atoms with E-state index in [2.05, 4.69) is 16.7 Å². The van der Waals surface area contributed by atoms with Crippen molar-refractivity contribution in [2.24, 2.45) is 0 Å². The molecule has 0 aliphatic carbocycles. The zero-order valence-electron chi connectivity index (χ0n) is 15.7. The molecular formula is C21H30N2O3. The van der Waals surface area contributed by atoms with Crippen LogP contribution in [-0.4, -0.2) is 37.5 Å². The molecule has 0 aromatic heterocycles. The smallest absolute Gasteiger partial charge is 0.161 e. The molecule has 26 heavy (non-hydrogen) atoms. The molecule has 5 nitrogen and oxygen atoms in total. The van der Waals surface area contributed by atoms with Crippen LogP contribution in [0, 0.1) is 0 Å². The monoisotopic (exact) mass is 358 g/mol. The van der Waals surface area contributed by atoms with Crippen LogP contribution in [0.2, 0.25) is 0 Å². The molecule has 2 aromatic rings. The van der Waals surface area contributed by atoms with Crippen molar-refractivity contribution in [3.05, 3.63) is 59.7 Å². The van der Waals surface area contributed by atoms with E-state index in [1.165, 1.54) is 0 Å². The molecule has 0 bridgehead atoms. The van der Waals surface area contributed by atoms with Crippen LogP contribution in [0.25, 0.3) is 0 Å². The lowest BCUT2D eigenvalue weighted by atomic mass is 10.2. The fraction of sp³-hybridized carbons (Fsp3) is 0.429. The van der Waals surface area contributed by atoms with Gasteiger partial charge in [0.15, 0.2) is 11.5 Å². The minimum atomic E-state index is -0.313. The van der Waals surface area contributed by atoms with Gasteiger partial charge in [0.25, 0.3) is 0 Å². The lowest BCUT2D eigenvalue weighted by Gasteiger charge is -2.14. The third kappa shape index (κ3) is 7.44. The highest BCUT2D eigenvalue weighted by atomic mass is 16.5. The van der Waals surface area contributed by atoms with Crippen molar-refractivity contribution in [2.75, 3.05) is 26.2 Å². The summed E-state index contributed by atoms with van der Waals surface area (Å²) in [5, 5.41) is 15.8. The molecule has 142 valence electrons. The maximum atomic E-state index is 9.20. The van der Waals surface area contributed by atoms with Crippen LogP contribution in [0.3, 0.4) is 0 Å². The van der Waals surface area contributed by atoms with E-state index in [0.717, 1.165) is 42.3 Å². The SMILES string of the molecule is CCOc1cc(CNCCNC[C@@H](C)O)ccc1OCc1ccccc1. The van der Waals surface area contributed by atoms with E-state index in [4.69, 9.17) is 9.47 Å². The van der Waals surface area contributed by atoms with E-state index >= 15 is 0 Å². The lowest BCUT2D eigenvalue weighted by molar-refractivity contribution is 0.191. The van der Waals surface area contributed by atoms with Gasteiger partial charge in [-0.1, -0.05) is 36.4 Å². The van der Waals surface area contributed by atoms with Gasteiger partial charge in [0.05, 0.1) is 12.7 Å². The Morgan fingerprint density at radius 3 is 2.42 bits per heavy atom. The number of rotatable bonds is 12. The minimum absolute atomic E-state index is 0.313. The Kier molecular flexibility index (Phi) is 8.96. The highest BCUT2D eigenvalue weighted by molar-refractivity contribution is 5.43. The van der Waals surface area contributed by atoms with Gasteiger partial charge in [-0.3, -0.25) is 0 Å². The summed E-state index contributed by atoms with van der Waals surface area (Å²) in [5.41, 5.74) is 2.28. The van der Waals surface area contributed by atoms with Crippen LogP contribution in [0.1, 0.15) is 25.0 Å². The molecule has 1 atom stereocenters. The maximum Gasteiger partial charge on any atom is 0.161 e. The Morgan fingerprint density at radius 1 is 0.923 bits per heavy atom. The molecule has 0 unspecified atom stereocenters. The molecule has 5 heteroatoms. The van der Waals surface area contributed by atoms with Crippen LogP contribution >= 0.6 is 0 Å². The molecule has 0 saturated carbocycles. The van der Waals surface area contributed by atoms with Gasteiger partial charge in [0.1, 0.15) is 6.61 Å². The summed E-state index contributed by atoms with van der Waals surface area (Å²) in [4.78, 5) is 0. The number of ether oxygens (including phenoxy) is 2. The second-order valence-corrected chi connectivity index (χ2v) is 6.22. The number of benzene rings is 2. The summed E-state index contributed by atoms with van der Waals surface area (Å²) >= 11 is 0. The van der Waals surface area contributed by atoms with Crippen LogP contribution in [-0.2, 0) is 13.2 Å². The van der Waals surface area contributed by atoms with E-state index in [0.29, 0.717) is 19.8 Å². The first-order chi connectivity index (χ1) is 12.7. The van der Waals surface area contributed by atoms with Crippen molar-refractivity contribution in [3.63, 3.8) is 0 Å². The lowest BCUT2D eigenvalue weighted by Crippen LogP contribution is -2.31. The quantitative estimate of drug-likeness (QED) is 0.509. The van der Waals surface area contributed by atoms with E-state index in [-0.39, 0.29) is 6.10 Å². The topological polar surface area (TPSA) is 62.8 Å². The Bertz CT molecular complexity index is 632. The van der Waals surface area contributed by atoms with Gasteiger partial charge in [0, 0.05) is 26.2 Å². The predicted molar refractivity (Wildman–Crippen MR) is 105 cm³/mol. The summed E-state index contributed by atoms with van der Waals surface area (Å²) < 4.78 is 11.7. The number of aliphatic hydroxyl groups excluding tert-OH is 1. The van der Waals surface area contributed by atoms with Crippen molar-refractivity contribution >= 4 is 0 Å². The molecule has 0 amide bonds. The first-order valence-corrected chi connectivity index (χ1v) is 9.21. The van der Waals surface area contributed by atoms with Gasteiger partial charge < -0.3 is 25.2 Å². The van der Waals surface area contributed by atoms with Gasteiger partial charge in [-0.15, -0.1) is 0 Å². The van der Waals surface area contributed by atoms with Gasteiger partial charge in [-0.2, -0.15) is 0 Å². The summed E-state index contributed by atoms with van der Waals surface area (Å²) in [5.74, 6) is 1.54. The van der Waals surface area contributed by atoms with Crippen LogP contribution in [0.4, 0.5) is 0 Å². The van der Waals surface area contributed by atoms with Crippen molar-refractivity contribution in [2.45, 2.75) is 33.1 Å². The molecule has 0 aliphatic heterocycles. The molecular weight excluding hydrogens is 328 g/mol. The number of hydrogen-bond donors (Lipinski definition) is 3. The number of nitrogens with one attached hydrogen (secondary N) is 2. The summed E-state index contributed by atoms with van der Waals surface area (Å²) in [6.07, 6.45) is -0.313. The van der Waals surface area contributed by atoms with Gasteiger partial charge in [-0.05, 0) is 37.1 Å². The minimum Gasteiger partial charge on any atom is -0.490 e. The van der Waals surface area contributed by atoms with Crippen molar-refractivity contribution in [1.82, 2.24) is 10.6 Å². The maximum absolute atomic E-state index is 9.20. The molecule has 0 spiro atoms. The second-order valence-electron chi connectivity index (χ2n) is 6.22. The summed E-state index contributed by atoms with van der Waals surface area (Å²) in [6.45, 7) is 7.90. The Balaban J connectivity index is 1.84. The number of hydrogen-bond acceptors (Lipinski definition) is 5. The van der Waals surface area contributed by atoms with E-state index < -0.39 is 0 Å². The second kappa shape index (κ2) is 11.5. The largest absolute Gasteiger partial charge is 0.490 e. The van der Waals surface area contributed by atoms with Gasteiger partial charge in [-0.25, -0.2) is 0 Å². The average molecular weight is 358 g/mol. The summed E-state index contributed by atoms with van der Waals surface area (Å²) in [6, 6.07) is 16.2. The fourth-order valence-corrected chi connectivity index (χ4v) is 2.51. The van der Waals surface area contributed by atoms with Gasteiger partial charge in [0.2, 0.25) is 0 Å². The third-order valence-corrected chi connectivity index (χ3v) is 3.79. The molecule has 0 fully saturated rings. The van der Waals surface area contributed by atoms with Gasteiger partial charge >= 0.3 is 0 Å². The molecule has 0 heterocycles. The predicted octanol–water partition coefficient (Wildman–Crippen LogP) is 2.72. The standard InChI is InChI=1S/C21H30N2O3/c1-3-25-21-13-19(15-23-12-11-22-14-17(2)24)9-10-20(21)26-16-18-7-5-4-6-8-18/h4-10,13,17,22-24H,3,11-12,14-16H2,1-2H3/t17-/m1/s1. The first-order valence-electron chi connectivity index (χ1n) is 9.21. The molecule has 2 rings (SSSR count). The van der Waals surface area contributed by atoms with Crippen molar-refractivity contribution in [3.8, 4) is 11.5 Å². The average Bonchev–Trinajstić information content (AvgIpc) is 2.65. The van der Waals surface area contributed by atoms with Crippen LogP contribution < -0.4 is 20.1 Å². The number of aliphatic hydroxyl groups is 1. The molecule has 3 N–H and O–H groups in total. The van der Waals surface area contributed by atoms with Crippen LogP contribution in [0.5, 0.6) is 11.5 Å². The van der Waals surface area contributed by atoms with Crippen molar-refractivity contribution < 1.29 is 14.6 Å². The first kappa shape index (κ1) is 20.2. The van der Waals surface area contributed by atoms with Crippen molar-refractivity contribution in [1.29, 1.82) is 0 Å². The van der Waals surface area contributed by atoms with E-state index in [1.807, 2.05) is 49.4 Å². The van der Waals surface area contributed by atoms with E-state index in [1.54, 1.807) is 6.92 Å². The molecule has 0 saturated heterocycles. The highest BCUT2D eigenvalue weighted by Gasteiger charge is 2.07. The Labute approximate surface area is 156 Å². The van der Waals surface area contributed by atoms with Crippen LogP contribution in [0.15, 0.2) is 48.5 Å².